The highest BCUT2D eigenvalue weighted by molar-refractivity contribution is 7.99. The molecule has 0 saturated heterocycles. The van der Waals surface area contributed by atoms with E-state index in [1.807, 2.05) is 34.0 Å². The van der Waals surface area contributed by atoms with Crippen molar-refractivity contribution in [2.45, 2.75) is 51.2 Å². The number of carbonyl (C=O) groups excluding carboxylic acids is 1. The maximum Gasteiger partial charge on any atom is 0.407 e. The van der Waals surface area contributed by atoms with Crippen LogP contribution in [0.25, 0.3) is 0 Å². The summed E-state index contributed by atoms with van der Waals surface area (Å²) in [7, 11) is 0. The Morgan fingerprint density at radius 2 is 2.07 bits per heavy atom. The molecule has 0 aromatic heterocycles. The van der Waals surface area contributed by atoms with Gasteiger partial charge in [-0.3, -0.25) is 0 Å². The van der Waals surface area contributed by atoms with E-state index in [1.54, 1.807) is 0 Å². The van der Waals surface area contributed by atoms with Gasteiger partial charge in [0.15, 0.2) is 0 Å². The lowest BCUT2D eigenvalue weighted by molar-refractivity contribution is 0.0500. The number of aliphatic hydroxyl groups excluding tert-OH is 1. The van der Waals surface area contributed by atoms with Crippen LogP contribution in [-0.2, 0) is 4.74 Å². The summed E-state index contributed by atoms with van der Waals surface area (Å²) in [6.45, 7) is 7.28. The topological polar surface area (TPSA) is 58.6 Å². The van der Waals surface area contributed by atoms with Gasteiger partial charge in [-0.25, -0.2) is 4.79 Å². The molecule has 0 aromatic rings. The average molecular weight is 235 g/mol. The molecule has 0 radical (unpaired) electrons. The highest BCUT2D eigenvalue weighted by Crippen LogP contribution is 2.11. The Morgan fingerprint density at radius 1 is 1.53 bits per heavy atom. The summed E-state index contributed by atoms with van der Waals surface area (Å²) in [5, 5.41) is 12.0. The van der Waals surface area contributed by atoms with Crippen LogP contribution in [0.1, 0.15) is 34.1 Å². The molecule has 2 N–H and O–H groups in total. The summed E-state index contributed by atoms with van der Waals surface area (Å²) in [5.74, 6) is 0. The van der Waals surface area contributed by atoms with Crippen LogP contribution < -0.4 is 5.32 Å². The number of rotatable bonds is 4. The predicted octanol–water partition coefficient (Wildman–Crippen LogP) is 1.97. The first-order chi connectivity index (χ1) is 6.74. The van der Waals surface area contributed by atoms with Crippen LogP contribution in [0, 0.1) is 0 Å². The molecule has 2 atom stereocenters. The molecule has 0 aliphatic rings. The molecule has 0 bridgehead atoms. The van der Waals surface area contributed by atoms with Crippen molar-refractivity contribution in [3.05, 3.63) is 0 Å². The normalized spacial score (nSPS) is 15.6. The Balaban J connectivity index is 3.87. The van der Waals surface area contributed by atoms with E-state index < -0.39 is 17.1 Å². The third-order valence-electron chi connectivity index (χ3n) is 1.59. The quantitative estimate of drug-likeness (QED) is 0.731. The van der Waals surface area contributed by atoms with Crippen LogP contribution in [0.4, 0.5) is 4.79 Å². The minimum Gasteiger partial charge on any atom is -0.444 e. The molecule has 15 heavy (non-hydrogen) atoms. The van der Waals surface area contributed by atoms with Gasteiger partial charge in [0.1, 0.15) is 11.0 Å². The lowest BCUT2D eigenvalue weighted by Crippen LogP contribution is -2.38. The highest BCUT2D eigenvalue weighted by atomic mass is 32.2. The van der Waals surface area contributed by atoms with E-state index in [4.69, 9.17) is 4.74 Å². The van der Waals surface area contributed by atoms with Crippen molar-refractivity contribution in [3.8, 4) is 0 Å². The second kappa shape index (κ2) is 6.23. The van der Waals surface area contributed by atoms with Crippen molar-refractivity contribution >= 4 is 17.9 Å². The summed E-state index contributed by atoms with van der Waals surface area (Å²) in [4.78, 5) is 11.3. The molecule has 1 amide bonds. The van der Waals surface area contributed by atoms with Crippen molar-refractivity contribution in [2.24, 2.45) is 0 Å². The van der Waals surface area contributed by atoms with Crippen molar-refractivity contribution in [3.63, 3.8) is 0 Å². The summed E-state index contributed by atoms with van der Waals surface area (Å²) >= 11 is 1.36. The molecule has 0 spiro atoms. The zero-order valence-corrected chi connectivity index (χ0v) is 10.9. The van der Waals surface area contributed by atoms with Gasteiger partial charge in [-0.15, -0.1) is 11.8 Å². The summed E-state index contributed by atoms with van der Waals surface area (Å²) in [6.07, 6.45) is 1.90. The van der Waals surface area contributed by atoms with Gasteiger partial charge in [0.05, 0.1) is 0 Å². The van der Waals surface area contributed by atoms with E-state index in [0.29, 0.717) is 6.42 Å². The van der Waals surface area contributed by atoms with Crippen LogP contribution in [0.2, 0.25) is 0 Å². The first-order valence-electron chi connectivity index (χ1n) is 4.95. The number of alkyl carbamates (subject to hydrolysis) is 1. The Labute approximate surface area is 95.8 Å². The van der Waals surface area contributed by atoms with Crippen molar-refractivity contribution in [2.75, 3.05) is 6.26 Å². The van der Waals surface area contributed by atoms with Crippen LogP contribution >= 0.6 is 11.8 Å². The number of ether oxygens (including phenoxy) is 1. The van der Waals surface area contributed by atoms with E-state index in [9.17, 15) is 9.90 Å². The number of carbonyl (C=O) groups is 1. The number of hydrogen-bond acceptors (Lipinski definition) is 4. The number of aliphatic hydroxyl groups is 1. The molecule has 0 fully saturated rings. The summed E-state index contributed by atoms with van der Waals surface area (Å²) in [5.41, 5.74) is -0.933. The molecule has 5 heteroatoms. The van der Waals surface area contributed by atoms with E-state index >= 15 is 0 Å². The fourth-order valence-electron chi connectivity index (χ4n) is 0.966. The number of nitrogens with one attached hydrogen (secondary N) is 1. The fourth-order valence-corrected chi connectivity index (χ4v) is 1.45. The Bertz CT molecular complexity index is 203. The third kappa shape index (κ3) is 8.57. The average Bonchev–Trinajstić information content (AvgIpc) is 1.99. The predicted molar refractivity (Wildman–Crippen MR) is 63.0 cm³/mol. The van der Waals surface area contributed by atoms with Crippen LogP contribution in [0.3, 0.4) is 0 Å². The van der Waals surface area contributed by atoms with Crippen LogP contribution in [0.15, 0.2) is 0 Å². The maximum atomic E-state index is 11.3. The first kappa shape index (κ1) is 14.6. The molecule has 2 unspecified atom stereocenters. The van der Waals surface area contributed by atoms with Gasteiger partial charge in [-0.1, -0.05) is 0 Å². The minimum atomic E-state index is -0.484. The van der Waals surface area contributed by atoms with E-state index in [2.05, 4.69) is 5.32 Å². The van der Waals surface area contributed by atoms with E-state index in [-0.39, 0.29) is 6.04 Å². The molecule has 0 aliphatic carbocycles. The van der Waals surface area contributed by atoms with Crippen molar-refractivity contribution in [1.29, 1.82) is 0 Å². The monoisotopic (exact) mass is 235 g/mol. The van der Waals surface area contributed by atoms with Crippen molar-refractivity contribution < 1.29 is 14.6 Å². The second-order valence-corrected chi connectivity index (χ2v) is 5.49. The van der Waals surface area contributed by atoms with Gasteiger partial charge in [-0.05, 0) is 34.0 Å². The standard InChI is InChI=1S/C10H21NO3S/c1-7(6-8(12)15-5)11-9(13)14-10(2,3)4/h7-8,12H,6H2,1-5H3,(H,11,13). The molecule has 4 nitrogen and oxygen atoms in total. The van der Waals surface area contributed by atoms with E-state index in [0.717, 1.165) is 0 Å². The molecular weight excluding hydrogens is 214 g/mol. The van der Waals surface area contributed by atoms with Gasteiger partial charge >= 0.3 is 6.09 Å². The second-order valence-electron chi connectivity index (χ2n) is 4.47. The number of hydrogen-bond donors (Lipinski definition) is 2. The van der Waals surface area contributed by atoms with Gasteiger partial charge < -0.3 is 15.2 Å². The SMILES string of the molecule is CSC(O)CC(C)NC(=O)OC(C)(C)C. The van der Waals surface area contributed by atoms with E-state index in [1.165, 1.54) is 11.8 Å². The zero-order chi connectivity index (χ0) is 12.1. The molecular formula is C10H21NO3S. The molecule has 90 valence electrons. The third-order valence-corrected chi connectivity index (χ3v) is 2.33. The van der Waals surface area contributed by atoms with Gasteiger partial charge in [-0.2, -0.15) is 0 Å². The first-order valence-corrected chi connectivity index (χ1v) is 6.23. The lowest BCUT2D eigenvalue weighted by atomic mass is 10.2. The Kier molecular flexibility index (Phi) is 6.05. The Hall–Kier alpha value is -0.420. The summed E-state index contributed by atoms with van der Waals surface area (Å²) < 4.78 is 5.09. The van der Waals surface area contributed by atoms with Gasteiger partial charge in [0, 0.05) is 12.5 Å². The maximum absolute atomic E-state index is 11.3. The van der Waals surface area contributed by atoms with Gasteiger partial charge in [0.25, 0.3) is 0 Å². The lowest BCUT2D eigenvalue weighted by Gasteiger charge is -2.22. The zero-order valence-electron chi connectivity index (χ0n) is 10.0. The molecule has 0 saturated carbocycles. The molecule has 0 rings (SSSR count). The largest absolute Gasteiger partial charge is 0.444 e. The number of amides is 1. The summed E-state index contributed by atoms with van der Waals surface area (Å²) in [6, 6.07) is -0.0951. The number of thioether (sulfide) groups is 1. The van der Waals surface area contributed by atoms with Crippen molar-refractivity contribution in [1.82, 2.24) is 5.32 Å². The molecule has 0 aliphatic heterocycles. The molecule has 0 heterocycles. The van der Waals surface area contributed by atoms with Crippen LogP contribution in [0.5, 0.6) is 0 Å². The molecule has 0 aromatic carbocycles. The Morgan fingerprint density at radius 3 is 2.47 bits per heavy atom. The van der Waals surface area contributed by atoms with Gasteiger partial charge in [0.2, 0.25) is 0 Å². The highest BCUT2D eigenvalue weighted by Gasteiger charge is 2.18. The van der Waals surface area contributed by atoms with Crippen LogP contribution in [-0.4, -0.2) is 34.5 Å². The fraction of sp³-hybridized carbons (Fsp3) is 0.900. The minimum absolute atomic E-state index is 0.0951. The smallest absolute Gasteiger partial charge is 0.407 e.